The number of hydrogen-bond acceptors (Lipinski definition) is 5. The number of benzene rings is 2. The Bertz CT molecular complexity index is 991. The highest BCUT2D eigenvalue weighted by molar-refractivity contribution is 7.10. The molecule has 6 heteroatoms. The van der Waals surface area contributed by atoms with E-state index in [1.54, 1.807) is 16.4 Å². The van der Waals surface area contributed by atoms with Crippen molar-refractivity contribution in [3.05, 3.63) is 88.6 Å². The SMILES string of the molecule is O=C1C2ON(c3ccccc3)C(c3cccs3)C2C(=O)N1Cc1ccccc1. The number of hydroxylamine groups is 1. The van der Waals surface area contributed by atoms with Gasteiger partial charge in [0.15, 0.2) is 6.10 Å². The minimum Gasteiger partial charge on any atom is -0.275 e. The second-order valence-corrected chi connectivity index (χ2v) is 7.90. The quantitative estimate of drug-likeness (QED) is 0.636. The first-order valence-corrected chi connectivity index (χ1v) is 10.1. The van der Waals surface area contributed by atoms with Crippen molar-refractivity contribution >= 4 is 28.8 Å². The summed E-state index contributed by atoms with van der Waals surface area (Å²) in [5.41, 5.74) is 1.77. The fourth-order valence-electron chi connectivity index (χ4n) is 3.94. The molecule has 2 aliphatic heterocycles. The average molecular weight is 390 g/mol. The molecule has 2 amide bonds. The van der Waals surface area contributed by atoms with E-state index in [0.717, 1.165) is 16.1 Å². The maximum absolute atomic E-state index is 13.3. The first kappa shape index (κ1) is 17.2. The van der Waals surface area contributed by atoms with E-state index in [2.05, 4.69) is 0 Å². The van der Waals surface area contributed by atoms with Crippen molar-refractivity contribution in [2.24, 2.45) is 5.92 Å². The molecule has 2 aliphatic rings. The molecule has 3 heterocycles. The molecule has 1 aromatic heterocycles. The largest absolute Gasteiger partial charge is 0.275 e. The molecule has 5 nitrogen and oxygen atoms in total. The number of nitrogens with zero attached hydrogens (tertiary/aromatic N) is 2. The summed E-state index contributed by atoms with van der Waals surface area (Å²) in [5.74, 6) is -0.982. The molecule has 2 aromatic carbocycles. The predicted molar refractivity (Wildman–Crippen MR) is 106 cm³/mol. The van der Waals surface area contributed by atoms with Gasteiger partial charge in [-0.25, -0.2) is 5.06 Å². The summed E-state index contributed by atoms with van der Waals surface area (Å²) in [6, 6.07) is 22.8. The Labute approximate surface area is 166 Å². The van der Waals surface area contributed by atoms with Crippen molar-refractivity contribution in [1.82, 2.24) is 4.90 Å². The number of amides is 2. The van der Waals surface area contributed by atoms with Crippen molar-refractivity contribution in [2.75, 3.05) is 5.06 Å². The van der Waals surface area contributed by atoms with Gasteiger partial charge in [0, 0.05) is 4.88 Å². The van der Waals surface area contributed by atoms with Crippen LogP contribution in [-0.2, 0) is 21.0 Å². The lowest BCUT2D eigenvalue weighted by Crippen LogP contribution is -2.36. The standard InChI is InChI=1S/C22H18N2O3S/c25-21-18-19(17-12-7-13-28-17)24(16-10-5-2-6-11-16)27-20(18)22(26)23(21)14-15-8-3-1-4-9-15/h1-13,18-20H,14H2. The number of rotatable bonds is 4. The second-order valence-electron chi connectivity index (χ2n) is 6.92. The summed E-state index contributed by atoms with van der Waals surface area (Å²) >= 11 is 1.57. The van der Waals surface area contributed by atoms with Gasteiger partial charge in [-0.15, -0.1) is 11.3 Å². The Morgan fingerprint density at radius 3 is 2.25 bits per heavy atom. The van der Waals surface area contributed by atoms with Gasteiger partial charge in [-0.2, -0.15) is 0 Å². The first-order chi connectivity index (χ1) is 13.7. The van der Waals surface area contributed by atoms with Crippen LogP contribution in [0.25, 0.3) is 0 Å². The smallest absolute Gasteiger partial charge is 0.262 e. The maximum atomic E-state index is 13.3. The maximum Gasteiger partial charge on any atom is 0.262 e. The molecule has 5 rings (SSSR count). The van der Waals surface area contributed by atoms with Crippen LogP contribution in [-0.4, -0.2) is 22.8 Å². The molecule has 3 unspecified atom stereocenters. The van der Waals surface area contributed by atoms with Gasteiger partial charge in [0.1, 0.15) is 12.0 Å². The fourth-order valence-corrected chi connectivity index (χ4v) is 4.79. The molecule has 3 aromatic rings. The van der Waals surface area contributed by atoms with Gasteiger partial charge in [0.25, 0.3) is 5.91 Å². The van der Waals surface area contributed by atoms with E-state index < -0.39 is 12.0 Å². The summed E-state index contributed by atoms with van der Waals surface area (Å²) in [6.45, 7) is 0.275. The Morgan fingerprint density at radius 2 is 1.57 bits per heavy atom. The second kappa shape index (κ2) is 6.89. The number of anilines is 1. The van der Waals surface area contributed by atoms with E-state index in [4.69, 9.17) is 4.84 Å². The summed E-state index contributed by atoms with van der Waals surface area (Å²) in [6.07, 6.45) is -0.788. The van der Waals surface area contributed by atoms with E-state index in [0.29, 0.717) is 0 Å². The third-order valence-electron chi connectivity index (χ3n) is 5.24. The van der Waals surface area contributed by atoms with Gasteiger partial charge in [-0.05, 0) is 29.1 Å². The van der Waals surface area contributed by atoms with Crippen molar-refractivity contribution in [3.8, 4) is 0 Å². The fraction of sp³-hybridized carbons (Fsp3) is 0.182. The Kier molecular flexibility index (Phi) is 4.22. The molecule has 28 heavy (non-hydrogen) atoms. The number of fused-ring (bicyclic) bond motifs is 1. The number of para-hydroxylation sites is 1. The summed E-state index contributed by atoms with van der Waals surface area (Å²) in [4.78, 5) is 34.8. The lowest BCUT2D eigenvalue weighted by Gasteiger charge is -2.27. The van der Waals surface area contributed by atoms with Crippen LogP contribution >= 0.6 is 11.3 Å². The van der Waals surface area contributed by atoms with E-state index >= 15 is 0 Å². The van der Waals surface area contributed by atoms with Crippen LogP contribution in [0.1, 0.15) is 16.5 Å². The number of carbonyl (C=O) groups excluding carboxylic acids is 2. The van der Waals surface area contributed by atoms with Crippen molar-refractivity contribution in [3.63, 3.8) is 0 Å². The molecule has 0 spiro atoms. The van der Waals surface area contributed by atoms with Crippen LogP contribution in [0.15, 0.2) is 78.2 Å². The molecular weight excluding hydrogens is 372 g/mol. The average Bonchev–Trinajstić information content (AvgIpc) is 3.44. The molecule has 3 atom stereocenters. The molecular formula is C22H18N2O3S. The zero-order chi connectivity index (χ0) is 19.1. The van der Waals surface area contributed by atoms with Crippen LogP contribution in [0.2, 0.25) is 0 Å². The van der Waals surface area contributed by atoms with Crippen LogP contribution in [0.3, 0.4) is 0 Å². The van der Waals surface area contributed by atoms with E-state index in [9.17, 15) is 9.59 Å². The van der Waals surface area contributed by atoms with Crippen LogP contribution < -0.4 is 5.06 Å². The first-order valence-electron chi connectivity index (χ1n) is 9.17. The third-order valence-corrected chi connectivity index (χ3v) is 6.18. The van der Waals surface area contributed by atoms with E-state index in [1.807, 2.05) is 78.2 Å². The molecule has 0 saturated carbocycles. The summed E-state index contributed by atoms with van der Waals surface area (Å²) in [7, 11) is 0. The minimum absolute atomic E-state index is 0.171. The molecule has 140 valence electrons. The highest BCUT2D eigenvalue weighted by Crippen LogP contribution is 2.47. The van der Waals surface area contributed by atoms with Crippen molar-refractivity contribution < 1.29 is 14.4 Å². The molecule has 0 aliphatic carbocycles. The minimum atomic E-state index is -0.788. The molecule has 0 N–H and O–H groups in total. The normalized spacial score (nSPS) is 24.1. The Balaban J connectivity index is 1.50. The highest BCUT2D eigenvalue weighted by atomic mass is 32.1. The lowest BCUT2D eigenvalue weighted by molar-refractivity contribution is -0.143. The van der Waals surface area contributed by atoms with Gasteiger partial charge in [-0.1, -0.05) is 54.6 Å². The van der Waals surface area contributed by atoms with Crippen molar-refractivity contribution in [1.29, 1.82) is 0 Å². The molecule has 2 saturated heterocycles. The third kappa shape index (κ3) is 2.73. The zero-order valence-electron chi connectivity index (χ0n) is 15.0. The molecule has 0 radical (unpaired) electrons. The Hall–Kier alpha value is -2.96. The number of carbonyl (C=O) groups is 2. The predicted octanol–water partition coefficient (Wildman–Crippen LogP) is 3.79. The van der Waals surface area contributed by atoms with Crippen LogP contribution in [0, 0.1) is 5.92 Å². The number of imide groups is 1. The van der Waals surface area contributed by atoms with Crippen LogP contribution in [0.4, 0.5) is 5.69 Å². The lowest BCUT2D eigenvalue weighted by atomic mass is 9.95. The topological polar surface area (TPSA) is 49.9 Å². The number of likely N-dealkylation sites (tertiary alicyclic amines) is 1. The number of thiophene rings is 1. The van der Waals surface area contributed by atoms with Gasteiger partial charge in [-0.3, -0.25) is 19.3 Å². The Morgan fingerprint density at radius 1 is 0.857 bits per heavy atom. The zero-order valence-corrected chi connectivity index (χ0v) is 15.8. The molecule has 0 bridgehead atoms. The van der Waals surface area contributed by atoms with Gasteiger partial charge in [0.2, 0.25) is 5.91 Å². The van der Waals surface area contributed by atoms with Crippen molar-refractivity contribution in [2.45, 2.75) is 18.7 Å². The van der Waals surface area contributed by atoms with E-state index in [-0.39, 0.29) is 24.4 Å². The number of hydrogen-bond donors (Lipinski definition) is 0. The molecule has 2 fully saturated rings. The monoisotopic (exact) mass is 390 g/mol. The highest BCUT2D eigenvalue weighted by Gasteiger charge is 2.60. The van der Waals surface area contributed by atoms with Gasteiger partial charge < -0.3 is 0 Å². The van der Waals surface area contributed by atoms with Gasteiger partial charge in [0.05, 0.1) is 12.2 Å². The summed E-state index contributed by atoms with van der Waals surface area (Å²) < 4.78 is 0. The van der Waals surface area contributed by atoms with Gasteiger partial charge >= 0.3 is 0 Å². The summed E-state index contributed by atoms with van der Waals surface area (Å²) in [5, 5.41) is 3.71. The van der Waals surface area contributed by atoms with Crippen LogP contribution in [0.5, 0.6) is 0 Å². The van der Waals surface area contributed by atoms with E-state index in [1.165, 1.54) is 4.90 Å².